The van der Waals surface area contributed by atoms with Crippen LogP contribution in [0.2, 0.25) is 0 Å². The predicted molar refractivity (Wildman–Crippen MR) is 53.8 cm³/mol. The summed E-state index contributed by atoms with van der Waals surface area (Å²) in [7, 11) is 0. The summed E-state index contributed by atoms with van der Waals surface area (Å²) in [6.07, 6.45) is -16.9. The van der Waals surface area contributed by atoms with E-state index in [4.69, 9.17) is 17.1 Å². The minimum absolute atomic E-state index is 1.19. The van der Waals surface area contributed by atoms with Crippen LogP contribution in [0.5, 0.6) is 0 Å². The maximum atomic E-state index is 12.3. The maximum absolute atomic E-state index is 12.3. The van der Waals surface area contributed by atoms with Crippen molar-refractivity contribution in [2.45, 2.75) is 58.0 Å². The van der Waals surface area contributed by atoms with Gasteiger partial charge in [0.2, 0.25) is 0 Å². The van der Waals surface area contributed by atoms with E-state index in [2.05, 4.69) is 0 Å². The van der Waals surface area contributed by atoms with Gasteiger partial charge in [0.1, 0.15) is 5.60 Å². The van der Waals surface area contributed by atoms with E-state index < -0.39 is 49.1 Å². The quantitative estimate of drug-likeness (QED) is 0.671. The van der Waals surface area contributed by atoms with Crippen LogP contribution in [0.15, 0.2) is 0 Å². The molecule has 1 fully saturated rings. The summed E-state index contributed by atoms with van der Waals surface area (Å²) in [4.78, 5) is 12.3. The molecule has 1 N–H and O–H groups in total. The molecular weight excluding hydrogens is 180 g/mol. The zero-order valence-corrected chi connectivity index (χ0v) is 8.34. The summed E-state index contributed by atoms with van der Waals surface area (Å²) >= 11 is 0. The molecule has 1 rings (SSSR count). The zero-order chi connectivity index (χ0) is 18.9. The van der Waals surface area contributed by atoms with Gasteiger partial charge in [-0.2, -0.15) is 0 Å². The highest BCUT2D eigenvalue weighted by Crippen LogP contribution is 2.26. The smallest absolute Gasteiger partial charge is 0.309 e. The molecule has 0 aromatic carbocycles. The SMILES string of the molecule is [2H]C1C([2H])([2H])C([2H])(O)C([2H])([2H])C([2H])([2H])C1([2H])C(=O)OC(C)(C)C. The van der Waals surface area contributed by atoms with Crippen LogP contribution in [0.25, 0.3) is 0 Å². The van der Waals surface area contributed by atoms with Crippen LogP contribution >= 0.6 is 0 Å². The van der Waals surface area contributed by atoms with E-state index in [1.165, 1.54) is 20.8 Å². The molecule has 0 bridgehead atoms. The normalized spacial score (nSPS) is 64.6. The first-order valence-electron chi connectivity index (χ1n) is 8.74. The van der Waals surface area contributed by atoms with Gasteiger partial charge in [-0.15, -0.1) is 0 Å². The van der Waals surface area contributed by atoms with Crippen molar-refractivity contribution in [1.82, 2.24) is 0 Å². The second-order valence-electron chi connectivity index (χ2n) is 3.80. The van der Waals surface area contributed by atoms with E-state index in [0.29, 0.717) is 0 Å². The molecule has 1 aliphatic rings. The monoisotopic (exact) mass is 209 g/mol. The molecule has 0 spiro atoms. The number of carbonyl (C=O) groups is 1. The molecule has 0 saturated heterocycles. The summed E-state index contributed by atoms with van der Waals surface area (Å²) in [5.74, 6) is -4.95. The number of esters is 1. The van der Waals surface area contributed by atoms with Gasteiger partial charge in [-0.25, -0.2) is 0 Å². The Bertz CT molecular complexity index is 511. The molecule has 3 heteroatoms. The minimum Gasteiger partial charge on any atom is -0.460 e. The van der Waals surface area contributed by atoms with Crippen LogP contribution in [0.3, 0.4) is 0 Å². The summed E-state index contributed by atoms with van der Waals surface area (Å²) in [5, 5.41) is 9.90. The molecule has 3 atom stereocenters. The number of hydrogen-bond acceptors (Lipinski definition) is 3. The number of rotatable bonds is 1. The molecule has 0 heterocycles. The van der Waals surface area contributed by atoms with Gasteiger partial charge >= 0.3 is 5.97 Å². The van der Waals surface area contributed by atoms with Gasteiger partial charge in [0.25, 0.3) is 0 Å². The summed E-state index contributed by atoms with van der Waals surface area (Å²) in [5.41, 5.74) is -1.19. The first-order chi connectivity index (χ1) is 9.78. The fourth-order valence-corrected chi connectivity index (χ4v) is 0.782. The zero-order valence-electron chi connectivity index (χ0n) is 17.3. The van der Waals surface area contributed by atoms with Gasteiger partial charge in [0.05, 0.1) is 13.3 Å². The molecular formula is C11H20O3. The molecule has 0 amide bonds. The Kier molecular flexibility index (Phi) is 1.27. The minimum atomic E-state index is -3.68. The highest BCUT2D eigenvalue weighted by Gasteiger charge is 2.28. The molecule has 14 heavy (non-hydrogen) atoms. The molecule has 3 unspecified atom stereocenters. The van der Waals surface area contributed by atoms with E-state index in [9.17, 15) is 9.90 Å². The number of ether oxygens (including phenoxy) is 1. The average Bonchev–Trinajstić information content (AvgIpc) is 2.32. The number of hydrogen-bond donors (Lipinski definition) is 1. The van der Waals surface area contributed by atoms with E-state index in [1.807, 2.05) is 0 Å². The summed E-state index contributed by atoms with van der Waals surface area (Å²) < 4.78 is 74.6. The fourth-order valence-electron chi connectivity index (χ4n) is 0.782. The van der Waals surface area contributed by atoms with E-state index in [0.717, 1.165) is 0 Å². The van der Waals surface area contributed by atoms with Crippen molar-refractivity contribution >= 4 is 5.97 Å². The maximum Gasteiger partial charge on any atom is 0.309 e. The molecule has 1 saturated carbocycles. The predicted octanol–water partition coefficient (Wildman–Crippen LogP) is 1.88. The van der Waals surface area contributed by atoms with Gasteiger partial charge < -0.3 is 9.84 Å². The topological polar surface area (TPSA) is 46.5 Å². The lowest BCUT2D eigenvalue weighted by atomic mass is 9.87. The average molecular weight is 209 g/mol. The fraction of sp³-hybridized carbons (Fsp3) is 0.909. The Labute approximate surface area is 98.1 Å². The second kappa shape index (κ2) is 4.30. The number of carbonyl (C=O) groups excluding carboxylic acids is 1. The lowest BCUT2D eigenvalue weighted by Crippen LogP contribution is -2.31. The Hall–Kier alpha value is -0.570. The van der Waals surface area contributed by atoms with Crippen LogP contribution < -0.4 is 0 Å². The first kappa shape index (κ1) is 4.12. The van der Waals surface area contributed by atoms with Gasteiger partial charge in [-0.05, 0) is 46.3 Å². The van der Waals surface area contributed by atoms with E-state index in [1.54, 1.807) is 0 Å². The van der Waals surface area contributed by atoms with Crippen LogP contribution in [0.1, 0.15) is 58.6 Å². The summed E-state index contributed by atoms with van der Waals surface area (Å²) in [6.45, 7) is 4.24. The Morgan fingerprint density at radius 1 is 1.50 bits per heavy atom. The van der Waals surface area contributed by atoms with E-state index in [-0.39, 0.29) is 0 Å². The van der Waals surface area contributed by atoms with Crippen molar-refractivity contribution < 1.29 is 27.0 Å². The van der Waals surface area contributed by atoms with Crippen molar-refractivity contribution in [2.24, 2.45) is 5.89 Å². The van der Waals surface area contributed by atoms with Gasteiger partial charge in [0.15, 0.2) is 0 Å². The Morgan fingerprint density at radius 3 is 2.71 bits per heavy atom. The standard InChI is InChI=1S/C11H20O3/c1-11(2,3)14-10(13)8-4-6-9(12)7-5-8/h8-9,12H,4-7H2,1-3H3/i4D,5D2,6D2,7D2,8D,9D. The Morgan fingerprint density at radius 2 is 2.14 bits per heavy atom. The third kappa shape index (κ3) is 3.66. The van der Waals surface area contributed by atoms with Crippen LogP contribution in [-0.4, -0.2) is 22.8 Å². The van der Waals surface area contributed by atoms with Crippen LogP contribution in [-0.2, 0) is 9.53 Å². The van der Waals surface area contributed by atoms with Crippen LogP contribution in [0, 0.1) is 5.89 Å². The first-order valence-corrected chi connectivity index (χ1v) is 4.16. The molecule has 82 valence electrons. The lowest BCUT2D eigenvalue weighted by molar-refractivity contribution is -0.161. The molecule has 0 aromatic rings. The van der Waals surface area contributed by atoms with Crippen molar-refractivity contribution in [3.63, 3.8) is 0 Å². The lowest BCUT2D eigenvalue weighted by Gasteiger charge is -2.27. The molecule has 0 radical (unpaired) electrons. The molecule has 0 aliphatic heterocycles. The van der Waals surface area contributed by atoms with Crippen LogP contribution in [0.4, 0.5) is 0 Å². The Balaban J connectivity index is 3.62. The molecule has 1 aliphatic carbocycles. The second-order valence-corrected chi connectivity index (χ2v) is 3.80. The highest BCUT2D eigenvalue weighted by molar-refractivity contribution is 5.72. The van der Waals surface area contributed by atoms with Crippen molar-refractivity contribution in [3.8, 4) is 0 Å². The third-order valence-corrected chi connectivity index (χ3v) is 1.29. The largest absolute Gasteiger partial charge is 0.460 e. The number of aliphatic hydroxyl groups is 1. The van der Waals surface area contributed by atoms with Crippen molar-refractivity contribution in [2.75, 3.05) is 0 Å². The molecule has 3 nitrogen and oxygen atoms in total. The highest BCUT2D eigenvalue weighted by atomic mass is 16.6. The third-order valence-electron chi connectivity index (χ3n) is 1.29. The van der Waals surface area contributed by atoms with Gasteiger partial charge in [-0.3, -0.25) is 4.79 Å². The summed E-state index contributed by atoms with van der Waals surface area (Å²) in [6, 6.07) is 0. The van der Waals surface area contributed by atoms with Crippen molar-refractivity contribution in [3.05, 3.63) is 0 Å². The van der Waals surface area contributed by atoms with Gasteiger partial charge in [0, 0.05) is 11.0 Å². The van der Waals surface area contributed by atoms with Gasteiger partial charge in [-0.1, -0.05) is 0 Å². The molecule has 0 aromatic heterocycles. The van der Waals surface area contributed by atoms with Crippen molar-refractivity contribution in [1.29, 1.82) is 0 Å². The van der Waals surface area contributed by atoms with E-state index >= 15 is 0 Å².